The summed E-state index contributed by atoms with van der Waals surface area (Å²) in [5.41, 5.74) is 0. The van der Waals surface area contributed by atoms with Crippen molar-refractivity contribution in [3.8, 4) is 0 Å². The summed E-state index contributed by atoms with van der Waals surface area (Å²) in [4.78, 5) is 4.80. The van der Waals surface area contributed by atoms with Crippen LogP contribution in [0, 0.1) is 0 Å². The van der Waals surface area contributed by atoms with Crippen molar-refractivity contribution in [3.05, 3.63) is 0 Å². The fraction of sp³-hybridized carbons (Fsp3) is 1.00. The van der Waals surface area contributed by atoms with Gasteiger partial charge < -0.3 is 14.7 Å². The summed E-state index contributed by atoms with van der Waals surface area (Å²) >= 11 is 0. The second kappa shape index (κ2) is 7.17. The van der Waals surface area contributed by atoms with E-state index in [1.807, 2.05) is 0 Å². The molecule has 1 heterocycles. The lowest BCUT2D eigenvalue weighted by Crippen LogP contribution is -2.31. The third-order valence-corrected chi connectivity index (χ3v) is 2.60. The van der Waals surface area contributed by atoms with Crippen LogP contribution in [0.1, 0.15) is 6.42 Å². The third kappa shape index (κ3) is 4.91. The molecule has 0 spiro atoms. The predicted molar refractivity (Wildman–Crippen MR) is 56.5 cm³/mol. The molecule has 14 heavy (non-hydrogen) atoms. The van der Waals surface area contributed by atoms with Crippen molar-refractivity contribution >= 4 is 0 Å². The van der Waals surface area contributed by atoms with Crippen molar-refractivity contribution in [1.82, 2.24) is 9.80 Å². The number of ether oxygens (including phenoxy) is 1. The molecule has 0 saturated carbocycles. The monoisotopic (exact) mass is 202 g/mol. The van der Waals surface area contributed by atoms with Crippen molar-refractivity contribution in [1.29, 1.82) is 0 Å². The molecule has 0 aromatic carbocycles. The normalized spacial score (nSPS) is 21.0. The third-order valence-electron chi connectivity index (χ3n) is 2.60. The molecular weight excluding hydrogens is 180 g/mol. The summed E-state index contributed by atoms with van der Waals surface area (Å²) in [6.07, 6.45) is 1.25. The molecule has 0 bridgehead atoms. The van der Waals surface area contributed by atoms with Crippen molar-refractivity contribution in [2.45, 2.75) is 6.42 Å². The molecule has 1 saturated heterocycles. The maximum atomic E-state index is 8.54. The van der Waals surface area contributed by atoms with Crippen LogP contribution in [0.15, 0.2) is 0 Å². The van der Waals surface area contributed by atoms with E-state index in [0.717, 1.165) is 26.2 Å². The predicted octanol–water partition coefficient (Wildman–Crippen LogP) is -0.367. The molecule has 1 rings (SSSR count). The smallest absolute Gasteiger partial charge is 0.0698 e. The maximum Gasteiger partial charge on any atom is 0.0698 e. The standard InChI is InChI=1S/C10H22N2O2/c1-11-3-2-4-12(6-5-11)7-9-14-10-8-13/h13H,2-10H2,1H3. The highest BCUT2D eigenvalue weighted by Crippen LogP contribution is 2.00. The lowest BCUT2D eigenvalue weighted by atomic mass is 10.4. The van der Waals surface area contributed by atoms with Gasteiger partial charge in [0.1, 0.15) is 0 Å². The molecule has 0 aromatic rings. The van der Waals surface area contributed by atoms with Gasteiger partial charge in [0, 0.05) is 19.6 Å². The minimum Gasteiger partial charge on any atom is -0.394 e. The van der Waals surface area contributed by atoms with Gasteiger partial charge in [0.15, 0.2) is 0 Å². The minimum absolute atomic E-state index is 0.128. The number of aliphatic hydroxyl groups is 1. The van der Waals surface area contributed by atoms with Crippen LogP contribution in [0.3, 0.4) is 0 Å². The van der Waals surface area contributed by atoms with Gasteiger partial charge in [0.2, 0.25) is 0 Å². The molecule has 0 radical (unpaired) electrons. The van der Waals surface area contributed by atoms with Crippen LogP contribution in [-0.2, 0) is 4.74 Å². The quantitative estimate of drug-likeness (QED) is 0.617. The molecule has 1 N–H and O–H groups in total. The molecule has 0 aliphatic carbocycles. The van der Waals surface area contributed by atoms with Gasteiger partial charge in [-0.2, -0.15) is 0 Å². The molecule has 1 aliphatic heterocycles. The molecule has 84 valence electrons. The fourth-order valence-electron chi connectivity index (χ4n) is 1.68. The average molecular weight is 202 g/mol. The van der Waals surface area contributed by atoms with Crippen LogP contribution in [0.25, 0.3) is 0 Å². The van der Waals surface area contributed by atoms with Gasteiger partial charge in [0.05, 0.1) is 19.8 Å². The first-order valence-corrected chi connectivity index (χ1v) is 5.42. The minimum atomic E-state index is 0.128. The zero-order valence-corrected chi connectivity index (χ0v) is 9.11. The van der Waals surface area contributed by atoms with Crippen LogP contribution >= 0.6 is 0 Å². The van der Waals surface area contributed by atoms with E-state index in [1.54, 1.807) is 0 Å². The highest BCUT2D eigenvalue weighted by molar-refractivity contribution is 4.66. The second-order valence-electron chi connectivity index (χ2n) is 3.83. The van der Waals surface area contributed by atoms with Gasteiger partial charge in [-0.25, -0.2) is 0 Å². The highest BCUT2D eigenvalue weighted by atomic mass is 16.5. The summed E-state index contributed by atoms with van der Waals surface area (Å²) in [5.74, 6) is 0. The molecule has 4 heteroatoms. The number of hydrogen-bond donors (Lipinski definition) is 1. The van der Waals surface area contributed by atoms with Crippen molar-refractivity contribution in [3.63, 3.8) is 0 Å². The van der Waals surface area contributed by atoms with Crippen LogP contribution < -0.4 is 0 Å². The molecule has 0 amide bonds. The zero-order chi connectivity index (χ0) is 10.2. The van der Waals surface area contributed by atoms with E-state index in [-0.39, 0.29) is 6.61 Å². The summed E-state index contributed by atoms with van der Waals surface area (Å²) in [5, 5.41) is 8.54. The van der Waals surface area contributed by atoms with E-state index in [0.29, 0.717) is 6.61 Å². The Morgan fingerprint density at radius 1 is 1.14 bits per heavy atom. The molecule has 0 unspecified atom stereocenters. The van der Waals surface area contributed by atoms with Gasteiger partial charge in [0.25, 0.3) is 0 Å². The fourth-order valence-corrected chi connectivity index (χ4v) is 1.68. The Bertz CT molecular complexity index is 144. The van der Waals surface area contributed by atoms with Crippen LogP contribution in [0.2, 0.25) is 0 Å². The lowest BCUT2D eigenvalue weighted by Gasteiger charge is -2.19. The first kappa shape index (κ1) is 11.9. The Kier molecular flexibility index (Phi) is 6.10. The van der Waals surface area contributed by atoms with E-state index in [1.165, 1.54) is 19.5 Å². The Morgan fingerprint density at radius 3 is 2.79 bits per heavy atom. The van der Waals surface area contributed by atoms with Crippen LogP contribution in [0.4, 0.5) is 0 Å². The molecule has 1 fully saturated rings. The number of aliphatic hydroxyl groups excluding tert-OH is 1. The van der Waals surface area contributed by atoms with E-state index in [4.69, 9.17) is 9.84 Å². The summed E-state index contributed by atoms with van der Waals surface area (Å²) in [7, 11) is 2.17. The number of nitrogens with zero attached hydrogens (tertiary/aromatic N) is 2. The molecular formula is C10H22N2O2. The molecule has 0 aromatic heterocycles. The Balaban J connectivity index is 2.05. The van der Waals surface area contributed by atoms with Crippen LogP contribution in [0.5, 0.6) is 0 Å². The first-order valence-electron chi connectivity index (χ1n) is 5.42. The van der Waals surface area contributed by atoms with E-state index < -0.39 is 0 Å². The first-order chi connectivity index (χ1) is 6.83. The van der Waals surface area contributed by atoms with Gasteiger partial charge in [-0.05, 0) is 26.6 Å². The number of hydrogen-bond acceptors (Lipinski definition) is 4. The van der Waals surface area contributed by atoms with Gasteiger partial charge in [-0.15, -0.1) is 0 Å². The number of likely N-dealkylation sites (N-methyl/N-ethyl adjacent to an activating group) is 1. The van der Waals surface area contributed by atoms with Gasteiger partial charge in [-0.3, -0.25) is 4.90 Å². The average Bonchev–Trinajstić information content (AvgIpc) is 2.38. The van der Waals surface area contributed by atoms with E-state index in [9.17, 15) is 0 Å². The summed E-state index contributed by atoms with van der Waals surface area (Å²) in [6.45, 7) is 6.99. The Labute approximate surface area is 86.4 Å². The topological polar surface area (TPSA) is 35.9 Å². The largest absolute Gasteiger partial charge is 0.394 e. The second-order valence-corrected chi connectivity index (χ2v) is 3.83. The molecule has 4 nitrogen and oxygen atoms in total. The van der Waals surface area contributed by atoms with Crippen molar-refractivity contribution in [2.24, 2.45) is 0 Å². The van der Waals surface area contributed by atoms with Crippen molar-refractivity contribution < 1.29 is 9.84 Å². The maximum absolute atomic E-state index is 8.54. The van der Waals surface area contributed by atoms with E-state index in [2.05, 4.69) is 16.8 Å². The molecule has 0 atom stereocenters. The Morgan fingerprint density at radius 2 is 2.00 bits per heavy atom. The summed E-state index contributed by atoms with van der Waals surface area (Å²) < 4.78 is 5.25. The number of rotatable bonds is 5. The van der Waals surface area contributed by atoms with Crippen molar-refractivity contribution in [2.75, 3.05) is 59.6 Å². The zero-order valence-electron chi connectivity index (χ0n) is 9.11. The van der Waals surface area contributed by atoms with Gasteiger partial charge >= 0.3 is 0 Å². The molecule has 1 aliphatic rings. The highest BCUT2D eigenvalue weighted by Gasteiger charge is 2.10. The SMILES string of the molecule is CN1CCCN(CCOCCO)CC1. The Hall–Kier alpha value is -0.160. The lowest BCUT2D eigenvalue weighted by molar-refractivity contribution is 0.0745. The summed E-state index contributed by atoms with van der Waals surface area (Å²) in [6, 6.07) is 0. The van der Waals surface area contributed by atoms with Crippen LogP contribution in [-0.4, -0.2) is 74.5 Å². The van der Waals surface area contributed by atoms with E-state index >= 15 is 0 Å². The van der Waals surface area contributed by atoms with Gasteiger partial charge in [-0.1, -0.05) is 0 Å².